The fraction of sp³-hybridized carbons (Fsp3) is 0.476. The van der Waals surface area contributed by atoms with E-state index >= 15 is 0 Å². The third-order valence-corrected chi connectivity index (χ3v) is 5.85. The van der Waals surface area contributed by atoms with Crippen LogP contribution in [0.3, 0.4) is 0 Å². The van der Waals surface area contributed by atoms with Crippen molar-refractivity contribution in [2.24, 2.45) is 0 Å². The summed E-state index contributed by atoms with van der Waals surface area (Å²) in [5, 5.41) is 3.78. The summed E-state index contributed by atoms with van der Waals surface area (Å²) in [6.07, 6.45) is 4.00. The highest BCUT2D eigenvalue weighted by atomic mass is 32.1. The Morgan fingerprint density at radius 2 is 2.20 bits per heavy atom. The molecule has 160 valence electrons. The Kier molecular flexibility index (Phi) is 6.19. The van der Waals surface area contributed by atoms with E-state index in [-0.39, 0.29) is 17.6 Å². The molecule has 0 radical (unpaired) electrons. The minimum absolute atomic E-state index is 0.0167. The summed E-state index contributed by atoms with van der Waals surface area (Å²) in [4.78, 5) is 31.3. The molecule has 1 saturated heterocycles. The van der Waals surface area contributed by atoms with E-state index in [4.69, 9.17) is 21.7 Å². The number of rotatable bonds is 8. The van der Waals surface area contributed by atoms with Gasteiger partial charge in [-0.25, -0.2) is 0 Å². The molecule has 1 fully saturated rings. The average molecular weight is 431 g/mol. The molecule has 0 aliphatic carbocycles. The molecule has 30 heavy (non-hydrogen) atoms. The summed E-state index contributed by atoms with van der Waals surface area (Å²) >= 11 is 5.43. The normalized spacial score (nSPS) is 16.4. The van der Waals surface area contributed by atoms with E-state index < -0.39 is 0 Å². The summed E-state index contributed by atoms with van der Waals surface area (Å²) in [6.45, 7) is 1.82. The lowest BCUT2D eigenvalue weighted by molar-refractivity contribution is -0.121. The van der Waals surface area contributed by atoms with Crippen molar-refractivity contribution in [1.29, 1.82) is 0 Å². The van der Waals surface area contributed by atoms with Crippen molar-refractivity contribution in [3.8, 4) is 5.75 Å². The number of hydrogen-bond acceptors (Lipinski definition) is 5. The number of ether oxygens (including phenoxy) is 2. The van der Waals surface area contributed by atoms with Gasteiger partial charge in [0.25, 0.3) is 5.56 Å². The van der Waals surface area contributed by atoms with Gasteiger partial charge in [-0.1, -0.05) is 0 Å². The Hall–Kier alpha value is -2.65. The number of unbranched alkanes of at least 4 members (excludes halogenated alkanes) is 1. The van der Waals surface area contributed by atoms with Crippen LogP contribution in [0.2, 0.25) is 0 Å². The van der Waals surface area contributed by atoms with E-state index in [1.807, 2.05) is 18.2 Å². The topological polar surface area (TPSA) is 101 Å². The molecule has 1 aliphatic heterocycles. The van der Waals surface area contributed by atoms with Crippen molar-refractivity contribution in [3.05, 3.63) is 33.3 Å². The van der Waals surface area contributed by atoms with Crippen molar-refractivity contribution in [3.63, 3.8) is 0 Å². The van der Waals surface area contributed by atoms with Crippen molar-refractivity contribution in [2.75, 3.05) is 20.3 Å². The molecule has 0 unspecified atom stereocenters. The summed E-state index contributed by atoms with van der Waals surface area (Å²) in [5.41, 5.74) is 1.85. The predicted molar refractivity (Wildman–Crippen MR) is 118 cm³/mol. The lowest BCUT2D eigenvalue weighted by atomic mass is 10.2. The monoisotopic (exact) mass is 430 g/mol. The largest absolute Gasteiger partial charge is 0.497 e. The molecular formula is C21H26N4O4S. The van der Waals surface area contributed by atoms with E-state index in [1.54, 1.807) is 11.7 Å². The van der Waals surface area contributed by atoms with E-state index in [0.717, 1.165) is 30.4 Å². The average Bonchev–Trinajstić information content (AvgIpc) is 3.39. The van der Waals surface area contributed by atoms with Crippen LogP contribution in [0.25, 0.3) is 21.9 Å². The minimum Gasteiger partial charge on any atom is -0.497 e. The van der Waals surface area contributed by atoms with Gasteiger partial charge >= 0.3 is 0 Å². The Balaban J connectivity index is 1.40. The Morgan fingerprint density at radius 3 is 2.97 bits per heavy atom. The second kappa shape index (κ2) is 9.01. The van der Waals surface area contributed by atoms with Gasteiger partial charge in [-0.05, 0) is 56.1 Å². The van der Waals surface area contributed by atoms with E-state index in [0.29, 0.717) is 53.9 Å². The van der Waals surface area contributed by atoms with Crippen molar-refractivity contribution in [1.82, 2.24) is 19.9 Å². The van der Waals surface area contributed by atoms with Crippen LogP contribution in [0.15, 0.2) is 23.0 Å². The number of carbonyl (C=O) groups excluding carboxylic acids is 1. The molecular weight excluding hydrogens is 404 g/mol. The summed E-state index contributed by atoms with van der Waals surface area (Å²) in [5.74, 6) is 0.729. The smallest absolute Gasteiger partial charge is 0.278 e. The lowest BCUT2D eigenvalue weighted by Crippen LogP contribution is -2.31. The van der Waals surface area contributed by atoms with Crippen LogP contribution < -0.4 is 15.6 Å². The number of H-pyrrole nitrogens is 2. The predicted octanol–water partition coefficient (Wildman–Crippen LogP) is 3.01. The molecule has 2 aromatic heterocycles. The molecule has 1 aromatic carbocycles. The molecule has 1 amide bonds. The standard InChI is InChI=1S/C21H26N4O4S/c1-28-13-7-8-16-15(11-13)18-19(23-16)20(27)25(21(30)24-18)9-3-2-6-17(26)22-12-14-5-4-10-29-14/h7-8,11,14,23H,2-6,9-10,12H2,1H3,(H,22,26)(H,24,30)/t14-/m0/s1. The number of aromatic nitrogens is 3. The number of amides is 1. The second-order valence-electron chi connectivity index (χ2n) is 7.57. The minimum atomic E-state index is -0.160. The number of nitrogens with one attached hydrogen (secondary N) is 3. The van der Waals surface area contributed by atoms with Crippen molar-refractivity contribution < 1.29 is 14.3 Å². The zero-order chi connectivity index (χ0) is 21.1. The maximum Gasteiger partial charge on any atom is 0.278 e. The third-order valence-electron chi connectivity index (χ3n) is 5.53. The van der Waals surface area contributed by atoms with Gasteiger partial charge in [0.1, 0.15) is 11.3 Å². The van der Waals surface area contributed by atoms with Gasteiger partial charge in [-0.2, -0.15) is 0 Å². The SMILES string of the molecule is COc1ccc2[nH]c3c(=O)n(CCCCC(=O)NC[C@@H]4CCCO4)c(=S)[nH]c3c2c1. The van der Waals surface area contributed by atoms with Crippen molar-refractivity contribution >= 4 is 40.1 Å². The fourth-order valence-corrected chi connectivity index (χ4v) is 4.15. The van der Waals surface area contributed by atoms with Crippen molar-refractivity contribution in [2.45, 2.75) is 44.8 Å². The summed E-state index contributed by atoms with van der Waals surface area (Å²) in [7, 11) is 1.61. The molecule has 3 N–H and O–H groups in total. The van der Waals surface area contributed by atoms with Crippen LogP contribution in [0, 0.1) is 4.77 Å². The summed E-state index contributed by atoms with van der Waals surface area (Å²) < 4.78 is 12.7. The maximum absolute atomic E-state index is 13.0. The molecule has 4 rings (SSSR count). The first-order valence-electron chi connectivity index (χ1n) is 10.3. The van der Waals surface area contributed by atoms with Crippen LogP contribution in [0.4, 0.5) is 0 Å². The zero-order valence-electron chi connectivity index (χ0n) is 17.0. The highest BCUT2D eigenvalue weighted by molar-refractivity contribution is 7.71. The molecule has 1 aliphatic rings. The molecule has 1 atom stereocenters. The Bertz CT molecular complexity index is 1170. The van der Waals surface area contributed by atoms with Gasteiger partial charge in [0.05, 0.1) is 18.7 Å². The first kappa shape index (κ1) is 20.6. The van der Waals surface area contributed by atoms with E-state index in [2.05, 4.69) is 15.3 Å². The Labute approximate surface area is 178 Å². The second-order valence-corrected chi connectivity index (χ2v) is 7.96. The molecule has 8 nitrogen and oxygen atoms in total. The molecule has 0 saturated carbocycles. The number of hydrogen-bond donors (Lipinski definition) is 3. The maximum atomic E-state index is 13.0. The molecule has 0 bridgehead atoms. The first-order valence-corrected chi connectivity index (χ1v) is 10.7. The number of fused-ring (bicyclic) bond motifs is 3. The number of aromatic amines is 2. The highest BCUT2D eigenvalue weighted by Gasteiger charge is 2.16. The van der Waals surface area contributed by atoms with Crippen LogP contribution in [-0.2, 0) is 16.1 Å². The zero-order valence-corrected chi connectivity index (χ0v) is 17.8. The molecule has 3 heterocycles. The van der Waals surface area contributed by atoms with Gasteiger partial charge in [0.15, 0.2) is 4.77 Å². The van der Waals surface area contributed by atoms with E-state index in [1.165, 1.54) is 0 Å². The number of benzene rings is 1. The number of nitrogens with zero attached hydrogens (tertiary/aromatic N) is 1. The van der Waals surface area contributed by atoms with Crippen LogP contribution in [-0.4, -0.2) is 46.8 Å². The highest BCUT2D eigenvalue weighted by Crippen LogP contribution is 2.25. The van der Waals surface area contributed by atoms with Crippen LogP contribution in [0.1, 0.15) is 32.1 Å². The third kappa shape index (κ3) is 4.27. The number of carbonyl (C=O) groups is 1. The van der Waals surface area contributed by atoms with Crippen LogP contribution >= 0.6 is 12.2 Å². The van der Waals surface area contributed by atoms with Crippen LogP contribution in [0.5, 0.6) is 5.75 Å². The van der Waals surface area contributed by atoms with Gasteiger partial charge in [-0.15, -0.1) is 0 Å². The quantitative estimate of drug-likeness (QED) is 0.377. The lowest BCUT2D eigenvalue weighted by Gasteiger charge is -2.11. The molecule has 0 spiro atoms. The van der Waals surface area contributed by atoms with E-state index in [9.17, 15) is 9.59 Å². The summed E-state index contributed by atoms with van der Waals surface area (Å²) in [6, 6.07) is 5.59. The van der Waals surface area contributed by atoms with Gasteiger partial charge in [0.2, 0.25) is 5.91 Å². The Morgan fingerprint density at radius 1 is 1.33 bits per heavy atom. The molecule has 9 heteroatoms. The molecule has 3 aromatic rings. The van der Waals surface area contributed by atoms with Gasteiger partial charge < -0.3 is 24.8 Å². The number of methoxy groups -OCH3 is 1. The fourth-order valence-electron chi connectivity index (χ4n) is 3.87. The van der Waals surface area contributed by atoms with Gasteiger partial charge in [0, 0.05) is 37.0 Å². The van der Waals surface area contributed by atoms with Gasteiger partial charge in [-0.3, -0.25) is 14.2 Å². The first-order chi connectivity index (χ1) is 14.6.